The number of rotatable bonds is 7. The van der Waals surface area contributed by atoms with Gasteiger partial charge in [-0.2, -0.15) is 0 Å². The minimum Gasteiger partial charge on any atom is -0.496 e. The van der Waals surface area contributed by atoms with Crippen LogP contribution >= 0.6 is 0 Å². The second-order valence-corrected chi connectivity index (χ2v) is 10.8. The van der Waals surface area contributed by atoms with E-state index in [1.165, 1.54) is 7.11 Å². The van der Waals surface area contributed by atoms with Gasteiger partial charge in [0.05, 0.1) is 24.8 Å². The summed E-state index contributed by atoms with van der Waals surface area (Å²) >= 11 is 0. The van der Waals surface area contributed by atoms with Crippen LogP contribution < -0.4 is 20.5 Å². The van der Waals surface area contributed by atoms with E-state index in [-0.39, 0.29) is 31.0 Å². The van der Waals surface area contributed by atoms with Crippen molar-refractivity contribution in [1.82, 2.24) is 10.3 Å². The van der Waals surface area contributed by atoms with Gasteiger partial charge in [-0.05, 0) is 51.0 Å². The molecule has 2 aromatic carbocycles. The number of nitrogens with two attached hydrogens (primary N) is 1. The Bertz CT molecular complexity index is 1410. The van der Waals surface area contributed by atoms with Crippen LogP contribution in [0, 0.1) is 6.92 Å². The van der Waals surface area contributed by atoms with Crippen molar-refractivity contribution in [2.75, 3.05) is 13.7 Å². The third kappa shape index (κ3) is 4.77. The van der Waals surface area contributed by atoms with Gasteiger partial charge in [0.15, 0.2) is 11.5 Å². The van der Waals surface area contributed by atoms with Gasteiger partial charge in [0.1, 0.15) is 23.7 Å². The zero-order valence-electron chi connectivity index (χ0n) is 22.2. The number of carbonyl (C=O) groups excluding carboxylic acids is 2. The second-order valence-electron chi connectivity index (χ2n) is 10.8. The summed E-state index contributed by atoms with van der Waals surface area (Å²) in [6, 6.07) is 13.2. The van der Waals surface area contributed by atoms with Crippen molar-refractivity contribution in [3.05, 3.63) is 76.0 Å². The van der Waals surface area contributed by atoms with Gasteiger partial charge in [0.25, 0.3) is 0 Å². The number of hydrogen-bond acceptors (Lipinski definition) is 7. The molecule has 0 saturated carbocycles. The van der Waals surface area contributed by atoms with Gasteiger partial charge in [-0.3, -0.25) is 9.59 Å². The number of hydrogen-bond donors (Lipinski definition) is 3. The zero-order valence-corrected chi connectivity index (χ0v) is 22.2. The van der Waals surface area contributed by atoms with Crippen molar-refractivity contribution in [1.29, 1.82) is 0 Å². The monoisotopic (exact) mass is 515 g/mol. The van der Waals surface area contributed by atoms with Crippen LogP contribution in [0.2, 0.25) is 0 Å². The fourth-order valence-corrected chi connectivity index (χ4v) is 5.04. The largest absolute Gasteiger partial charge is 0.496 e. The van der Waals surface area contributed by atoms with Gasteiger partial charge < -0.3 is 25.6 Å². The number of benzene rings is 2. The van der Waals surface area contributed by atoms with E-state index in [1.807, 2.05) is 38.1 Å². The lowest BCUT2D eigenvalue weighted by Crippen LogP contribution is -2.35. The van der Waals surface area contributed by atoms with Crippen LogP contribution in [0.25, 0.3) is 11.3 Å². The van der Waals surface area contributed by atoms with Crippen molar-refractivity contribution in [2.45, 2.75) is 57.7 Å². The smallest absolute Gasteiger partial charge is 0.224 e. The maximum atomic E-state index is 13.2. The number of ether oxygens (including phenoxy) is 2. The number of nitrogens with one attached hydrogen (secondary N) is 1. The highest BCUT2D eigenvalue weighted by Gasteiger charge is 2.38. The van der Waals surface area contributed by atoms with Gasteiger partial charge in [0.2, 0.25) is 5.91 Å². The number of fused-ring (bicyclic) bond motifs is 2. The molecule has 1 aromatic heterocycles. The van der Waals surface area contributed by atoms with Crippen LogP contribution in [0.3, 0.4) is 0 Å². The summed E-state index contributed by atoms with van der Waals surface area (Å²) in [5, 5.41) is 14.4. The first kappa shape index (κ1) is 25.9. The standard InChI is InChI=1S/C30H33N3O5/c1-17-5-7-18(8-6-17)27-28-22(29(2,31)16-38-28)14-25(33-27)30(3,36)10-9-23(34)19-11-20-15-32-26(35)13-21(20)24(12-19)37-4/h5-8,11-12,14,36H,9-10,13,15-16,31H2,1-4H3,(H,32,35). The van der Waals surface area contributed by atoms with Crippen molar-refractivity contribution in [3.63, 3.8) is 0 Å². The Morgan fingerprint density at radius 2 is 2.00 bits per heavy atom. The summed E-state index contributed by atoms with van der Waals surface area (Å²) in [5.41, 5.74) is 10.4. The van der Waals surface area contributed by atoms with Crippen molar-refractivity contribution < 1.29 is 24.2 Å². The van der Waals surface area contributed by atoms with E-state index in [2.05, 4.69) is 5.32 Å². The number of amides is 1. The molecule has 0 radical (unpaired) electrons. The first-order valence-corrected chi connectivity index (χ1v) is 12.8. The molecule has 5 rings (SSSR count). The number of aryl methyl sites for hydroxylation is 1. The second kappa shape index (κ2) is 9.53. The summed E-state index contributed by atoms with van der Waals surface area (Å²) in [7, 11) is 1.53. The predicted octanol–water partition coefficient (Wildman–Crippen LogP) is 3.67. The van der Waals surface area contributed by atoms with Crippen LogP contribution in [-0.4, -0.2) is 35.5 Å². The maximum Gasteiger partial charge on any atom is 0.224 e. The Hall–Kier alpha value is -3.75. The summed E-state index contributed by atoms with van der Waals surface area (Å²) in [6.45, 7) is 6.24. The Kier molecular flexibility index (Phi) is 6.49. The number of nitrogens with zero attached hydrogens (tertiary/aromatic N) is 1. The highest BCUT2D eigenvalue weighted by atomic mass is 16.5. The molecule has 2 aliphatic rings. The third-order valence-corrected chi connectivity index (χ3v) is 7.48. The van der Waals surface area contributed by atoms with E-state index < -0.39 is 11.1 Å². The lowest BCUT2D eigenvalue weighted by molar-refractivity contribution is -0.121. The van der Waals surface area contributed by atoms with Crippen LogP contribution in [0.5, 0.6) is 11.5 Å². The van der Waals surface area contributed by atoms with Crippen molar-refractivity contribution in [2.24, 2.45) is 5.73 Å². The summed E-state index contributed by atoms with van der Waals surface area (Å²) in [6.07, 6.45) is 0.471. The lowest BCUT2D eigenvalue weighted by atomic mass is 9.87. The summed E-state index contributed by atoms with van der Waals surface area (Å²) < 4.78 is 11.4. The Morgan fingerprint density at radius 3 is 2.71 bits per heavy atom. The molecule has 0 aliphatic carbocycles. The molecule has 3 aromatic rings. The molecular weight excluding hydrogens is 482 g/mol. The van der Waals surface area contributed by atoms with Gasteiger partial charge in [-0.25, -0.2) is 4.98 Å². The van der Waals surface area contributed by atoms with Gasteiger partial charge >= 0.3 is 0 Å². The number of pyridine rings is 1. The molecule has 2 aliphatic heterocycles. The minimum atomic E-state index is -1.39. The van der Waals surface area contributed by atoms with Gasteiger partial charge in [0, 0.05) is 35.2 Å². The number of carbonyl (C=O) groups is 2. The van der Waals surface area contributed by atoms with E-state index in [4.69, 9.17) is 20.2 Å². The molecule has 2 unspecified atom stereocenters. The number of methoxy groups -OCH3 is 1. The van der Waals surface area contributed by atoms with Gasteiger partial charge in [-0.15, -0.1) is 0 Å². The van der Waals surface area contributed by atoms with Crippen LogP contribution in [0.1, 0.15) is 65.0 Å². The van der Waals surface area contributed by atoms with Crippen molar-refractivity contribution >= 4 is 11.7 Å². The highest BCUT2D eigenvalue weighted by molar-refractivity contribution is 5.97. The quantitative estimate of drug-likeness (QED) is 0.410. The lowest BCUT2D eigenvalue weighted by Gasteiger charge is -2.26. The zero-order chi connectivity index (χ0) is 27.2. The topological polar surface area (TPSA) is 124 Å². The molecule has 0 saturated heterocycles. The molecule has 0 spiro atoms. The predicted molar refractivity (Wildman–Crippen MR) is 143 cm³/mol. The minimum absolute atomic E-state index is 0.0724. The van der Waals surface area contributed by atoms with E-state index in [9.17, 15) is 14.7 Å². The molecule has 8 nitrogen and oxygen atoms in total. The van der Waals surface area contributed by atoms with Gasteiger partial charge in [-0.1, -0.05) is 29.8 Å². The number of ketones is 1. The first-order valence-electron chi connectivity index (χ1n) is 12.8. The Labute approximate surface area is 222 Å². The molecule has 198 valence electrons. The van der Waals surface area contributed by atoms with E-state index in [1.54, 1.807) is 25.1 Å². The molecule has 8 heteroatoms. The number of Topliss-reactive ketones (excluding diaryl/α,β-unsaturated/α-hetero) is 1. The van der Waals surface area contributed by atoms with Crippen LogP contribution in [-0.2, 0) is 28.9 Å². The van der Waals surface area contributed by atoms with Crippen LogP contribution in [0.4, 0.5) is 0 Å². The molecule has 1 amide bonds. The molecule has 2 atom stereocenters. The Balaban J connectivity index is 1.43. The number of aromatic nitrogens is 1. The summed E-state index contributed by atoms with van der Waals surface area (Å²) in [5.74, 6) is 0.951. The normalized spacial score (nSPS) is 19.6. The third-order valence-electron chi connectivity index (χ3n) is 7.48. The SMILES string of the molecule is COc1cc(C(=O)CCC(C)(O)c2cc3c(c(-c4ccc(C)cc4)n2)OCC3(C)N)cc2c1CC(=O)NC2. The number of aliphatic hydroxyl groups is 1. The average Bonchev–Trinajstić information content (AvgIpc) is 3.21. The van der Waals surface area contributed by atoms with E-state index >= 15 is 0 Å². The molecule has 3 heterocycles. The molecule has 38 heavy (non-hydrogen) atoms. The highest BCUT2D eigenvalue weighted by Crippen LogP contribution is 2.44. The molecule has 0 bridgehead atoms. The van der Waals surface area contributed by atoms with E-state index in [0.29, 0.717) is 41.6 Å². The fraction of sp³-hybridized carbons (Fsp3) is 0.367. The van der Waals surface area contributed by atoms with Crippen LogP contribution in [0.15, 0.2) is 42.5 Å². The molecule has 0 fully saturated rings. The Morgan fingerprint density at radius 1 is 1.26 bits per heavy atom. The first-order chi connectivity index (χ1) is 18.0. The molecule has 4 N–H and O–H groups in total. The van der Waals surface area contributed by atoms with E-state index in [0.717, 1.165) is 27.8 Å². The average molecular weight is 516 g/mol. The van der Waals surface area contributed by atoms with Crippen molar-refractivity contribution in [3.8, 4) is 22.8 Å². The maximum absolute atomic E-state index is 13.2. The summed E-state index contributed by atoms with van der Waals surface area (Å²) in [4.78, 5) is 29.9. The molecular formula is C30H33N3O5. The fourth-order valence-electron chi connectivity index (χ4n) is 5.04.